The predicted octanol–water partition coefficient (Wildman–Crippen LogP) is 3.42. The fourth-order valence-corrected chi connectivity index (χ4v) is 5.31. The zero-order valence-electron chi connectivity index (χ0n) is 19.7. The van der Waals surface area contributed by atoms with E-state index in [1.54, 1.807) is 7.11 Å². The van der Waals surface area contributed by atoms with Gasteiger partial charge in [-0.25, -0.2) is 0 Å². The standard InChI is InChI=1S/C27H40N4O/c1-32-27-12-10-23-9-11-26(21-24(23)22-27)30(16-13-28)15-6-5-14-29-17-19-31(20-18-29)25-7-3-2-4-8-25/h2-4,7-8,10,12,22,26H,5-6,9,11,13-21,28H2,1H3. The van der Waals surface area contributed by atoms with Crippen molar-refractivity contribution in [1.29, 1.82) is 0 Å². The molecule has 174 valence electrons. The number of rotatable bonds is 10. The number of piperazine rings is 1. The first kappa shape index (κ1) is 23.1. The third-order valence-corrected chi connectivity index (χ3v) is 7.21. The first-order valence-corrected chi connectivity index (χ1v) is 12.4. The number of para-hydroxylation sites is 1. The fourth-order valence-electron chi connectivity index (χ4n) is 5.31. The minimum Gasteiger partial charge on any atom is -0.497 e. The third kappa shape index (κ3) is 6.03. The van der Waals surface area contributed by atoms with Crippen molar-refractivity contribution in [3.63, 3.8) is 0 Å². The summed E-state index contributed by atoms with van der Waals surface area (Å²) in [5.74, 6) is 0.974. The van der Waals surface area contributed by atoms with Crippen LogP contribution in [0.15, 0.2) is 48.5 Å². The molecule has 0 amide bonds. The van der Waals surface area contributed by atoms with Gasteiger partial charge in [0.15, 0.2) is 0 Å². The largest absolute Gasteiger partial charge is 0.497 e. The van der Waals surface area contributed by atoms with Crippen molar-refractivity contribution in [1.82, 2.24) is 9.80 Å². The van der Waals surface area contributed by atoms with E-state index in [2.05, 4.69) is 63.2 Å². The molecule has 2 aromatic rings. The summed E-state index contributed by atoms with van der Waals surface area (Å²) in [5.41, 5.74) is 10.3. The normalized spacial score (nSPS) is 19.2. The highest BCUT2D eigenvalue weighted by Gasteiger charge is 2.24. The molecular weight excluding hydrogens is 396 g/mol. The Balaban J connectivity index is 1.20. The number of nitrogens with two attached hydrogens (primary N) is 1. The monoisotopic (exact) mass is 436 g/mol. The Kier molecular flexibility index (Phi) is 8.43. The van der Waals surface area contributed by atoms with Crippen LogP contribution in [-0.4, -0.2) is 75.3 Å². The Labute approximate surface area is 194 Å². The lowest BCUT2D eigenvalue weighted by atomic mass is 9.87. The summed E-state index contributed by atoms with van der Waals surface area (Å²) < 4.78 is 5.45. The van der Waals surface area contributed by atoms with E-state index in [9.17, 15) is 0 Å². The van der Waals surface area contributed by atoms with Crippen molar-refractivity contribution in [2.75, 3.05) is 64.4 Å². The summed E-state index contributed by atoms with van der Waals surface area (Å²) in [7, 11) is 1.75. The number of anilines is 1. The molecule has 32 heavy (non-hydrogen) atoms. The first-order chi connectivity index (χ1) is 15.8. The van der Waals surface area contributed by atoms with Crippen molar-refractivity contribution < 1.29 is 4.74 Å². The molecule has 1 aliphatic carbocycles. The van der Waals surface area contributed by atoms with Gasteiger partial charge in [0.05, 0.1) is 7.11 Å². The van der Waals surface area contributed by atoms with Crippen molar-refractivity contribution >= 4 is 5.69 Å². The van der Waals surface area contributed by atoms with Gasteiger partial charge in [0.2, 0.25) is 0 Å². The van der Waals surface area contributed by atoms with E-state index in [-0.39, 0.29) is 0 Å². The van der Waals surface area contributed by atoms with E-state index in [1.165, 1.54) is 55.7 Å². The lowest BCUT2D eigenvalue weighted by Gasteiger charge is -2.37. The second kappa shape index (κ2) is 11.7. The Morgan fingerprint density at radius 2 is 1.78 bits per heavy atom. The molecule has 2 aromatic carbocycles. The van der Waals surface area contributed by atoms with Crippen LogP contribution >= 0.6 is 0 Å². The number of methoxy groups -OCH3 is 1. The van der Waals surface area contributed by atoms with Gasteiger partial charge >= 0.3 is 0 Å². The quantitative estimate of drug-likeness (QED) is 0.578. The number of hydrogen-bond acceptors (Lipinski definition) is 5. The molecular formula is C27H40N4O. The van der Waals surface area contributed by atoms with E-state index >= 15 is 0 Å². The molecule has 1 unspecified atom stereocenters. The molecule has 4 rings (SSSR count). The van der Waals surface area contributed by atoms with Gasteiger partial charge in [-0.05, 0) is 80.6 Å². The highest BCUT2D eigenvalue weighted by atomic mass is 16.5. The predicted molar refractivity (Wildman–Crippen MR) is 134 cm³/mol. The van der Waals surface area contributed by atoms with E-state index in [0.29, 0.717) is 6.04 Å². The van der Waals surface area contributed by atoms with Gasteiger partial charge in [-0.1, -0.05) is 24.3 Å². The molecule has 1 heterocycles. The van der Waals surface area contributed by atoms with Crippen molar-refractivity contribution in [3.05, 3.63) is 59.7 Å². The maximum Gasteiger partial charge on any atom is 0.119 e. The number of nitrogens with zero attached hydrogens (tertiary/aromatic N) is 3. The van der Waals surface area contributed by atoms with E-state index in [1.807, 2.05) is 0 Å². The number of fused-ring (bicyclic) bond motifs is 1. The number of aryl methyl sites for hydroxylation is 1. The highest BCUT2D eigenvalue weighted by molar-refractivity contribution is 5.46. The molecule has 1 fully saturated rings. The molecule has 5 heteroatoms. The topological polar surface area (TPSA) is 45.0 Å². The maximum atomic E-state index is 5.98. The number of ether oxygens (including phenoxy) is 1. The van der Waals surface area contributed by atoms with Crippen LogP contribution in [0.5, 0.6) is 5.75 Å². The number of benzene rings is 2. The van der Waals surface area contributed by atoms with Gasteiger partial charge in [0.1, 0.15) is 5.75 Å². The third-order valence-electron chi connectivity index (χ3n) is 7.21. The minimum atomic E-state index is 0.604. The first-order valence-electron chi connectivity index (χ1n) is 12.4. The maximum absolute atomic E-state index is 5.98. The Morgan fingerprint density at radius 1 is 0.969 bits per heavy atom. The molecule has 1 aliphatic heterocycles. The fraction of sp³-hybridized carbons (Fsp3) is 0.556. The van der Waals surface area contributed by atoms with Crippen LogP contribution in [0.4, 0.5) is 5.69 Å². The Morgan fingerprint density at radius 3 is 2.53 bits per heavy atom. The molecule has 0 aromatic heterocycles. The summed E-state index contributed by atoms with van der Waals surface area (Å²) >= 11 is 0. The van der Waals surface area contributed by atoms with E-state index in [4.69, 9.17) is 10.5 Å². The van der Waals surface area contributed by atoms with Gasteiger partial charge in [-0.3, -0.25) is 9.80 Å². The van der Waals surface area contributed by atoms with Crippen LogP contribution in [-0.2, 0) is 12.8 Å². The Hall–Kier alpha value is -2.08. The van der Waals surface area contributed by atoms with Crippen molar-refractivity contribution in [2.45, 2.75) is 38.1 Å². The van der Waals surface area contributed by atoms with Crippen LogP contribution in [0.1, 0.15) is 30.4 Å². The van der Waals surface area contributed by atoms with Gasteiger partial charge in [-0.15, -0.1) is 0 Å². The summed E-state index contributed by atoms with van der Waals surface area (Å²) in [6.07, 6.45) is 6.04. The lowest BCUT2D eigenvalue weighted by Crippen LogP contribution is -2.47. The van der Waals surface area contributed by atoms with E-state index in [0.717, 1.165) is 51.3 Å². The summed E-state index contributed by atoms with van der Waals surface area (Å²) in [5, 5.41) is 0. The highest BCUT2D eigenvalue weighted by Crippen LogP contribution is 2.28. The molecule has 0 bridgehead atoms. The summed E-state index contributed by atoms with van der Waals surface area (Å²) in [4.78, 5) is 7.79. The zero-order valence-corrected chi connectivity index (χ0v) is 19.7. The average Bonchev–Trinajstić information content (AvgIpc) is 2.86. The van der Waals surface area contributed by atoms with Gasteiger partial charge in [0.25, 0.3) is 0 Å². The molecule has 1 atom stereocenters. The van der Waals surface area contributed by atoms with Gasteiger partial charge in [-0.2, -0.15) is 0 Å². The second-order valence-corrected chi connectivity index (χ2v) is 9.23. The number of unbranched alkanes of at least 4 members (excludes halogenated alkanes) is 1. The minimum absolute atomic E-state index is 0.604. The SMILES string of the molecule is COc1ccc2c(c1)CC(N(CCN)CCCCN1CCN(c3ccccc3)CC1)CC2. The zero-order chi connectivity index (χ0) is 22.2. The van der Waals surface area contributed by atoms with Crippen LogP contribution in [0.25, 0.3) is 0 Å². The second-order valence-electron chi connectivity index (χ2n) is 9.23. The van der Waals surface area contributed by atoms with Crippen molar-refractivity contribution in [2.24, 2.45) is 5.73 Å². The smallest absolute Gasteiger partial charge is 0.119 e. The summed E-state index contributed by atoms with van der Waals surface area (Å²) in [6.45, 7) is 8.71. The molecule has 0 spiro atoms. The van der Waals surface area contributed by atoms with Gasteiger partial charge in [0, 0.05) is 51.0 Å². The average molecular weight is 437 g/mol. The van der Waals surface area contributed by atoms with Crippen molar-refractivity contribution in [3.8, 4) is 5.75 Å². The molecule has 2 N–H and O–H groups in total. The Bertz CT molecular complexity index is 820. The van der Waals surface area contributed by atoms with Crippen LogP contribution in [0.2, 0.25) is 0 Å². The summed E-state index contributed by atoms with van der Waals surface area (Å²) in [6, 6.07) is 18.0. The van der Waals surface area contributed by atoms with E-state index < -0.39 is 0 Å². The van der Waals surface area contributed by atoms with Gasteiger partial charge < -0.3 is 15.4 Å². The van der Waals surface area contributed by atoms with Crippen LogP contribution < -0.4 is 15.4 Å². The lowest BCUT2D eigenvalue weighted by molar-refractivity contribution is 0.175. The van der Waals surface area contributed by atoms with Crippen LogP contribution in [0.3, 0.4) is 0 Å². The molecule has 1 saturated heterocycles. The molecule has 2 aliphatic rings. The molecule has 5 nitrogen and oxygen atoms in total. The number of hydrogen-bond donors (Lipinski definition) is 1. The molecule has 0 radical (unpaired) electrons. The van der Waals surface area contributed by atoms with Crippen LogP contribution in [0, 0.1) is 0 Å². The molecule has 0 saturated carbocycles.